The van der Waals surface area contributed by atoms with Crippen molar-refractivity contribution in [2.75, 3.05) is 20.1 Å². The molecule has 0 bridgehead atoms. The number of hydrogen-bond donors (Lipinski definition) is 2. The van der Waals surface area contributed by atoms with Gasteiger partial charge in [0.1, 0.15) is 0 Å². The second-order valence-corrected chi connectivity index (χ2v) is 6.38. The van der Waals surface area contributed by atoms with Crippen LogP contribution >= 0.6 is 11.3 Å². The molecule has 0 aromatic carbocycles. The van der Waals surface area contributed by atoms with Gasteiger partial charge >= 0.3 is 0 Å². The van der Waals surface area contributed by atoms with Crippen LogP contribution in [0.2, 0.25) is 0 Å². The van der Waals surface area contributed by atoms with Gasteiger partial charge in [0, 0.05) is 38.0 Å². The first-order valence-corrected chi connectivity index (χ1v) is 8.72. The highest BCUT2D eigenvalue weighted by Gasteiger charge is 2.23. The molecule has 1 fully saturated rings. The molecule has 0 saturated carbocycles. The molecule has 0 radical (unpaired) electrons. The van der Waals surface area contributed by atoms with Crippen molar-refractivity contribution in [3.05, 3.63) is 16.1 Å². The van der Waals surface area contributed by atoms with E-state index in [1.165, 1.54) is 0 Å². The fraction of sp³-hybridized carbons (Fsp3) is 0.667. The molecule has 0 aliphatic carbocycles. The first-order chi connectivity index (χ1) is 10.6. The van der Waals surface area contributed by atoms with Crippen molar-refractivity contribution in [3.63, 3.8) is 0 Å². The number of piperidine rings is 1. The number of aromatic nitrogens is 1. The third-order valence-corrected chi connectivity index (χ3v) is 4.65. The lowest BCUT2D eigenvalue weighted by Gasteiger charge is -2.31. The average Bonchev–Trinajstić information content (AvgIpc) is 2.97. The summed E-state index contributed by atoms with van der Waals surface area (Å²) in [6, 6.07) is 0.252. The standard InChI is InChI=1S/C15H25N5OS/c1-4-13-18-12(10-22-13)8-17-15(16-5-2)19-11-6-7-14(21)20(3)9-11/h10-11H,4-9H2,1-3H3,(H2,16,17,19). The smallest absolute Gasteiger partial charge is 0.222 e. The van der Waals surface area contributed by atoms with Gasteiger partial charge in [-0.25, -0.2) is 9.98 Å². The summed E-state index contributed by atoms with van der Waals surface area (Å²) in [6.07, 6.45) is 2.42. The zero-order valence-corrected chi connectivity index (χ0v) is 14.4. The van der Waals surface area contributed by atoms with Crippen LogP contribution in [0.4, 0.5) is 0 Å². The maximum Gasteiger partial charge on any atom is 0.222 e. The van der Waals surface area contributed by atoms with E-state index in [1.807, 2.05) is 14.0 Å². The van der Waals surface area contributed by atoms with Gasteiger partial charge in [-0.3, -0.25) is 4.79 Å². The van der Waals surface area contributed by atoms with E-state index in [4.69, 9.17) is 0 Å². The Morgan fingerprint density at radius 3 is 3.00 bits per heavy atom. The van der Waals surface area contributed by atoms with Crippen LogP contribution in [0, 0.1) is 0 Å². The topological polar surface area (TPSA) is 69.6 Å². The van der Waals surface area contributed by atoms with E-state index in [2.05, 4.69) is 32.9 Å². The predicted octanol–water partition coefficient (Wildman–Crippen LogP) is 1.38. The van der Waals surface area contributed by atoms with Gasteiger partial charge in [0.2, 0.25) is 5.91 Å². The highest BCUT2D eigenvalue weighted by molar-refractivity contribution is 7.09. The number of nitrogens with one attached hydrogen (secondary N) is 2. The van der Waals surface area contributed by atoms with Crippen molar-refractivity contribution in [1.29, 1.82) is 0 Å². The minimum absolute atomic E-state index is 0.217. The van der Waals surface area contributed by atoms with Gasteiger partial charge in [0.05, 0.1) is 17.2 Å². The van der Waals surface area contributed by atoms with Gasteiger partial charge in [-0.05, 0) is 19.8 Å². The van der Waals surface area contributed by atoms with E-state index < -0.39 is 0 Å². The third kappa shape index (κ3) is 4.69. The number of rotatable bonds is 5. The van der Waals surface area contributed by atoms with Gasteiger partial charge in [0.15, 0.2) is 5.96 Å². The van der Waals surface area contributed by atoms with E-state index in [-0.39, 0.29) is 11.9 Å². The Morgan fingerprint density at radius 1 is 1.55 bits per heavy atom. The molecule has 2 N–H and O–H groups in total. The van der Waals surface area contributed by atoms with Crippen molar-refractivity contribution in [2.24, 2.45) is 4.99 Å². The quantitative estimate of drug-likeness (QED) is 0.634. The summed E-state index contributed by atoms with van der Waals surface area (Å²) in [5.41, 5.74) is 1.01. The van der Waals surface area contributed by atoms with Gasteiger partial charge in [-0.1, -0.05) is 6.92 Å². The summed E-state index contributed by atoms with van der Waals surface area (Å²) in [4.78, 5) is 22.5. The highest BCUT2D eigenvalue weighted by atomic mass is 32.1. The summed E-state index contributed by atoms with van der Waals surface area (Å²) in [5, 5.41) is 9.89. The monoisotopic (exact) mass is 323 g/mol. The average molecular weight is 323 g/mol. The number of carbonyl (C=O) groups excluding carboxylic acids is 1. The molecule has 7 heteroatoms. The van der Waals surface area contributed by atoms with E-state index in [0.717, 1.165) is 42.6 Å². The minimum atomic E-state index is 0.217. The third-order valence-electron chi connectivity index (χ3n) is 3.61. The molecular weight excluding hydrogens is 298 g/mol. The second-order valence-electron chi connectivity index (χ2n) is 5.44. The zero-order valence-electron chi connectivity index (χ0n) is 13.6. The number of likely N-dealkylation sites (N-methyl/N-ethyl adjacent to an activating group) is 1. The minimum Gasteiger partial charge on any atom is -0.357 e. The summed E-state index contributed by atoms with van der Waals surface area (Å²) in [7, 11) is 1.85. The fourth-order valence-electron chi connectivity index (χ4n) is 2.39. The first kappa shape index (κ1) is 16.7. The molecule has 122 valence electrons. The molecule has 1 saturated heterocycles. The predicted molar refractivity (Wildman–Crippen MR) is 90.1 cm³/mol. The van der Waals surface area contributed by atoms with Crippen LogP contribution in [0.25, 0.3) is 0 Å². The number of carbonyl (C=O) groups is 1. The van der Waals surface area contributed by atoms with Gasteiger partial charge in [-0.15, -0.1) is 11.3 Å². The van der Waals surface area contributed by atoms with Crippen LogP contribution in [-0.2, 0) is 17.8 Å². The molecule has 1 aromatic rings. The Kier molecular flexibility index (Phi) is 6.18. The number of nitrogens with zero attached hydrogens (tertiary/aromatic N) is 3. The Bertz CT molecular complexity index is 528. The van der Waals surface area contributed by atoms with Crippen molar-refractivity contribution in [1.82, 2.24) is 20.5 Å². The molecule has 22 heavy (non-hydrogen) atoms. The molecular formula is C15H25N5OS. The lowest BCUT2D eigenvalue weighted by atomic mass is 10.1. The van der Waals surface area contributed by atoms with E-state index in [0.29, 0.717) is 13.0 Å². The lowest BCUT2D eigenvalue weighted by molar-refractivity contribution is -0.132. The maximum atomic E-state index is 11.5. The number of aliphatic imine (C=N–C) groups is 1. The van der Waals surface area contributed by atoms with Crippen molar-refractivity contribution in [3.8, 4) is 0 Å². The van der Waals surface area contributed by atoms with Crippen molar-refractivity contribution >= 4 is 23.2 Å². The summed E-state index contributed by atoms with van der Waals surface area (Å²) in [5.74, 6) is 1.01. The summed E-state index contributed by atoms with van der Waals surface area (Å²) >= 11 is 1.69. The Hall–Kier alpha value is -1.63. The van der Waals surface area contributed by atoms with Crippen LogP contribution < -0.4 is 10.6 Å². The van der Waals surface area contributed by atoms with Crippen LogP contribution in [0.15, 0.2) is 10.4 Å². The van der Waals surface area contributed by atoms with E-state index >= 15 is 0 Å². The number of aryl methyl sites for hydroxylation is 1. The molecule has 6 nitrogen and oxygen atoms in total. The van der Waals surface area contributed by atoms with Crippen LogP contribution in [0.1, 0.15) is 37.4 Å². The fourth-order valence-corrected chi connectivity index (χ4v) is 3.12. The first-order valence-electron chi connectivity index (χ1n) is 7.84. The summed E-state index contributed by atoms with van der Waals surface area (Å²) in [6.45, 7) is 6.27. The Labute approximate surface area is 136 Å². The maximum absolute atomic E-state index is 11.5. The van der Waals surface area contributed by atoms with Crippen molar-refractivity contribution in [2.45, 2.75) is 45.7 Å². The lowest BCUT2D eigenvalue weighted by Crippen LogP contribution is -2.51. The molecule has 2 rings (SSSR count). The Morgan fingerprint density at radius 2 is 2.36 bits per heavy atom. The van der Waals surface area contributed by atoms with Gasteiger partial charge < -0.3 is 15.5 Å². The molecule has 1 unspecified atom stereocenters. The van der Waals surface area contributed by atoms with Crippen LogP contribution in [-0.4, -0.2) is 47.9 Å². The molecule has 1 atom stereocenters. The van der Waals surface area contributed by atoms with Crippen LogP contribution in [0.3, 0.4) is 0 Å². The second kappa shape index (κ2) is 8.12. The Balaban J connectivity index is 1.93. The molecule has 2 heterocycles. The van der Waals surface area contributed by atoms with E-state index in [1.54, 1.807) is 16.2 Å². The molecule has 1 aromatic heterocycles. The molecule has 1 aliphatic heterocycles. The van der Waals surface area contributed by atoms with Crippen molar-refractivity contribution < 1.29 is 4.79 Å². The van der Waals surface area contributed by atoms with Gasteiger partial charge in [-0.2, -0.15) is 0 Å². The summed E-state index contributed by atoms with van der Waals surface area (Å²) < 4.78 is 0. The number of guanidine groups is 1. The number of amides is 1. The van der Waals surface area contributed by atoms with E-state index in [9.17, 15) is 4.79 Å². The molecule has 1 amide bonds. The van der Waals surface area contributed by atoms with Gasteiger partial charge in [0.25, 0.3) is 0 Å². The zero-order chi connectivity index (χ0) is 15.9. The number of thiazole rings is 1. The SMILES string of the molecule is CCNC(=NCc1csc(CC)n1)NC1CCC(=O)N(C)C1. The highest BCUT2D eigenvalue weighted by Crippen LogP contribution is 2.11. The largest absolute Gasteiger partial charge is 0.357 e. The number of likely N-dealkylation sites (tertiary alicyclic amines) is 1. The van der Waals surface area contributed by atoms with Crippen LogP contribution in [0.5, 0.6) is 0 Å². The molecule has 1 aliphatic rings. The molecule has 0 spiro atoms. The number of hydrogen-bond acceptors (Lipinski definition) is 4. The normalized spacial score (nSPS) is 19.4.